The lowest BCUT2D eigenvalue weighted by atomic mass is 10.2. The van der Waals surface area contributed by atoms with Crippen LogP contribution in [0.25, 0.3) is 10.9 Å². The van der Waals surface area contributed by atoms with Gasteiger partial charge in [0, 0.05) is 11.5 Å². The van der Waals surface area contributed by atoms with E-state index in [0.717, 1.165) is 4.47 Å². The van der Waals surface area contributed by atoms with E-state index in [4.69, 9.17) is 0 Å². The van der Waals surface area contributed by atoms with Crippen molar-refractivity contribution in [3.05, 3.63) is 51.5 Å². The second-order valence-electron chi connectivity index (χ2n) is 4.14. The second-order valence-corrected chi connectivity index (χ2v) is 5.05. The van der Waals surface area contributed by atoms with Gasteiger partial charge in [-0.2, -0.15) is 5.10 Å². The summed E-state index contributed by atoms with van der Waals surface area (Å²) >= 11 is 3.36. The number of benzene rings is 1. The molecule has 6 nitrogen and oxygen atoms in total. The summed E-state index contributed by atoms with van der Waals surface area (Å²) in [5.41, 5.74) is 0.592. The Balaban J connectivity index is 2.11. The molecular formula is C12H10BrN5O. The third-order valence-electron chi connectivity index (χ3n) is 2.90. The average Bonchev–Trinajstić information content (AvgIpc) is 2.78. The van der Waals surface area contributed by atoms with Crippen molar-refractivity contribution in [2.75, 3.05) is 0 Å². The Bertz CT molecular complexity index is 807. The fourth-order valence-corrected chi connectivity index (χ4v) is 2.21. The van der Waals surface area contributed by atoms with Gasteiger partial charge in [-0.15, -0.1) is 0 Å². The van der Waals surface area contributed by atoms with Crippen LogP contribution in [0.5, 0.6) is 0 Å². The molecule has 0 aliphatic carbocycles. The molecule has 3 aromatic rings. The van der Waals surface area contributed by atoms with E-state index in [1.54, 1.807) is 17.8 Å². The van der Waals surface area contributed by atoms with Crippen LogP contribution in [0.3, 0.4) is 0 Å². The number of hydrogen-bond acceptors (Lipinski definition) is 4. The molecule has 0 spiro atoms. The Hall–Kier alpha value is -2.02. The van der Waals surface area contributed by atoms with Gasteiger partial charge in [-0.1, -0.05) is 15.9 Å². The highest BCUT2D eigenvalue weighted by Crippen LogP contribution is 2.14. The third-order valence-corrected chi connectivity index (χ3v) is 3.40. The van der Waals surface area contributed by atoms with Crippen LogP contribution in [0, 0.1) is 0 Å². The fourth-order valence-electron chi connectivity index (χ4n) is 1.86. The maximum atomic E-state index is 12.3. The maximum Gasteiger partial charge on any atom is 0.261 e. The van der Waals surface area contributed by atoms with Gasteiger partial charge in [0.25, 0.3) is 5.56 Å². The van der Waals surface area contributed by atoms with Crippen molar-refractivity contribution in [3.63, 3.8) is 0 Å². The Morgan fingerprint density at radius 1 is 1.32 bits per heavy atom. The normalized spacial score (nSPS) is 11.1. The zero-order valence-corrected chi connectivity index (χ0v) is 11.7. The summed E-state index contributed by atoms with van der Waals surface area (Å²) in [7, 11) is 1.79. The van der Waals surface area contributed by atoms with E-state index in [1.165, 1.54) is 17.2 Å². The maximum absolute atomic E-state index is 12.3. The van der Waals surface area contributed by atoms with Crippen LogP contribution in [0.4, 0.5) is 0 Å². The lowest BCUT2D eigenvalue weighted by molar-refractivity contribution is 0.637. The first-order chi connectivity index (χ1) is 9.15. The summed E-state index contributed by atoms with van der Waals surface area (Å²) < 4.78 is 4.07. The molecule has 1 aromatic carbocycles. The summed E-state index contributed by atoms with van der Waals surface area (Å²) in [4.78, 5) is 20.7. The van der Waals surface area contributed by atoms with Gasteiger partial charge < -0.3 is 0 Å². The average molecular weight is 320 g/mol. The van der Waals surface area contributed by atoms with Gasteiger partial charge in [0.1, 0.15) is 12.2 Å². The molecule has 0 bridgehead atoms. The number of halogens is 1. The van der Waals surface area contributed by atoms with Crippen LogP contribution in [0.15, 0.2) is 40.1 Å². The fraction of sp³-hybridized carbons (Fsp3) is 0.167. The van der Waals surface area contributed by atoms with Gasteiger partial charge in [0.2, 0.25) is 0 Å². The first-order valence-corrected chi connectivity index (χ1v) is 6.42. The molecule has 0 radical (unpaired) electrons. The SMILES string of the molecule is Cn1ncnc1Cn1cnc2cc(Br)ccc2c1=O. The number of rotatable bonds is 2. The minimum Gasteiger partial charge on any atom is -0.291 e. The molecule has 2 aromatic heterocycles. The lowest BCUT2D eigenvalue weighted by Crippen LogP contribution is -2.22. The molecule has 0 aliphatic rings. The molecule has 3 rings (SSSR count). The minimum absolute atomic E-state index is 0.0829. The summed E-state index contributed by atoms with van der Waals surface area (Å²) in [5.74, 6) is 0.709. The monoisotopic (exact) mass is 319 g/mol. The minimum atomic E-state index is -0.0829. The number of aryl methyl sites for hydroxylation is 1. The number of fused-ring (bicyclic) bond motifs is 1. The van der Waals surface area contributed by atoms with E-state index in [2.05, 4.69) is 31.0 Å². The van der Waals surface area contributed by atoms with E-state index in [-0.39, 0.29) is 5.56 Å². The molecule has 0 unspecified atom stereocenters. The molecule has 0 saturated carbocycles. The Kier molecular flexibility index (Phi) is 2.90. The van der Waals surface area contributed by atoms with E-state index < -0.39 is 0 Å². The van der Waals surface area contributed by atoms with Gasteiger partial charge in [0.15, 0.2) is 0 Å². The molecule has 19 heavy (non-hydrogen) atoms. The molecule has 0 N–H and O–H groups in total. The molecule has 96 valence electrons. The smallest absolute Gasteiger partial charge is 0.261 e. The van der Waals surface area contributed by atoms with Gasteiger partial charge in [-0.05, 0) is 18.2 Å². The molecule has 0 fully saturated rings. The first kappa shape index (κ1) is 12.0. The third kappa shape index (κ3) is 2.17. The Morgan fingerprint density at radius 3 is 2.89 bits per heavy atom. The highest BCUT2D eigenvalue weighted by Gasteiger charge is 2.07. The zero-order valence-electron chi connectivity index (χ0n) is 10.1. The molecule has 0 atom stereocenters. The molecule has 7 heteroatoms. The van der Waals surface area contributed by atoms with Crippen molar-refractivity contribution < 1.29 is 0 Å². The second kappa shape index (κ2) is 4.58. The Labute approximate surface area is 116 Å². The highest BCUT2D eigenvalue weighted by atomic mass is 79.9. The molecule has 2 heterocycles. The highest BCUT2D eigenvalue weighted by molar-refractivity contribution is 9.10. The summed E-state index contributed by atoms with van der Waals surface area (Å²) in [5, 5.41) is 4.57. The number of hydrogen-bond donors (Lipinski definition) is 0. The predicted molar refractivity (Wildman–Crippen MR) is 73.8 cm³/mol. The van der Waals surface area contributed by atoms with Crippen molar-refractivity contribution >= 4 is 26.8 Å². The largest absolute Gasteiger partial charge is 0.291 e. The summed E-state index contributed by atoms with van der Waals surface area (Å²) in [6.07, 6.45) is 3.00. The van der Waals surface area contributed by atoms with Crippen LogP contribution >= 0.6 is 15.9 Å². The topological polar surface area (TPSA) is 65.6 Å². The first-order valence-electron chi connectivity index (χ1n) is 5.63. The van der Waals surface area contributed by atoms with Gasteiger partial charge in [-0.3, -0.25) is 14.0 Å². The van der Waals surface area contributed by atoms with E-state index in [9.17, 15) is 4.79 Å². The van der Waals surface area contributed by atoms with E-state index in [1.807, 2.05) is 12.1 Å². The van der Waals surface area contributed by atoms with Gasteiger partial charge >= 0.3 is 0 Å². The number of nitrogens with zero attached hydrogens (tertiary/aromatic N) is 5. The van der Waals surface area contributed by atoms with Gasteiger partial charge in [0.05, 0.1) is 23.8 Å². The molecule has 0 aliphatic heterocycles. The molecular weight excluding hydrogens is 310 g/mol. The standard InChI is InChI=1S/C12H10BrN5O/c1-17-11(14-6-16-17)5-18-7-15-10-4-8(13)2-3-9(10)12(18)19/h2-4,6-7H,5H2,1H3. The number of aromatic nitrogens is 5. The van der Waals surface area contributed by atoms with Gasteiger partial charge in [-0.25, -0.2) is 9.97 Å². The molecule has 0 amide bonds. The Morgan fingerprint density at radius 2 is 2.16 bits per heavy atom. The van der Waals surface area contributed by atoms with Crippen molar-refractivity contribution in [1.82, 2.24) is 24.3 Å². The van der Waals surface area contributed by atoms with Crippen LogP contribution in [-0.4, -0.2) is 24.3 Å². The predicted octanol–water partition coefficient (Wildman–Crippen LogP) is 1.34. The van der Waals surface area contributed by atoms with Crippen molar-refractivity contribution in [2.24, 2.45) is 7.05 Å². The molecule has 0 saturated heterocycles. The lowest BCUT2D eigenvalue weighted by Gasteiger charge is -2.06. The van der Waals surface area contributed by atoms with Crippen LogP contribution in [0.2, 0.25) is 0 Å². The van der Waals surface area contributed by atoms with E-state index in [0.29, 0.717) is 23.3 Å². The van der Waals surface area contributed by atoms with Crippen molar-refractivity contribution in [2.45, 2.75) is 6.54 Å². The van der Waals surface area contributed by atoms with Crippen LogP contribution in [-0.2, 0) is 13.6 Å². The van der Waals surface area contributed by atoms with Crippen molar-refractivity contribution in [1.29, 1.82) is 0 Å². The van der Waals surface area contributed by atoms with Crippen LogP contribution in [0.1, 0.15) is 5.82 Å². The summed E-state index contributed by atoms with van der Waals surface area (Å²) in [6.45, 7) is 0.355. The zero-order chi connectivity index (χ0) is 13.4. The summed E-state index contributed by atoms with van der Waals surface area (Å²) in [6, 6.07) is 5.42. The van der Waals surface area contributed by atoms with Crippen LogP contribution < -0.4 is 5.56 Å². The van der Waals surface area contributed by atoms with Crippen molar-refractivity contribution in [3.8, 4) is 0 Å². The van der Waals surface area contributed by atoms with E-state index >= 15 is 0 Å². The quantitative estimate of drug-likeness (QED) is 0.715.